The molecule has 1 saturated heterocycles. The van der Waals surface area contributed by atoms with Crippen LogP contribution in [-0.4, -0.2) is 58.3 Å². The predicted octanol–water partition coefficient (Wildman–Crippen LogP) is 3.15. The van der Waals surface area contributed by atoms with Crippen LogP contribution in [0.25, 0.3) is 5.57 Å². The van der Waals surface area contributed by atoms with E-state index in [1.165, 1.54) is 0 Å². The third-order valence-electron chi connectivity index (χ3n) is 4.39. The van der Waals surface area contributed by atoms with Crippen molar-refractivity contribution in [3.8, 4) is 0 Å². The zero-order valence-electron chi connectivity index (χ0n) is 16.2. The van der Waals surface area contributed by atoms with E-state index in [1.807, 2.05) is 50.3 Å². The average molecular weight is 365 g/mol. The normalized spacial score (nSPS) is 15.7. The standard InChI is InChI=1S/C20H27N7/c1-5-6-7-8-15(2)20-22-17(21-18-13-16(3)24-25-18)14-19(23-20)27-11-9-26(4)10-12-27/h5-8,13-14H,2,9-12H2,1,3-4H3,(H2,21,22,23,24,25)/b6-5-,8-7-. The number of piperazine rings is 1. The number of aryl methyl sites for hydroxylation is 1. The molecule has 3 heterocycles. The number of hydrogen-bond donors (Lipinski definition) is 2. The van der Waals surface area contributed by atoms with Crippen LogP contribution in [0.4, 0.5) is 17.5 Å². The molecule has 2 aromatic heterocycles. The van der Waals surface area contributed by atoms with Crippen molar-refractivity contribution in [2.45, 2.75) is 13.8 Å². The van der Waals surface area contributed by atoms with E-state index in [1.54, 1.807) is 0 Å². The van der Waals surface area contributed by atoms with Gasteiger partial charge in [0.1, 0.15) is 11.6 Å². The summed E-state index contributed by atoms with van der Waals surface area (Å²) >= 11 is 0. The third kappa shape index (κ3) is 5.04. The number of hydrogen-bond acceptors (Lipinski definition) is 6. The molecule has 0 aliphatic carbocycles. The molecule has 7 nitrogen and oxygen atoms in total. The minimum absolute atomic E-state index is 0.613. The highest BCUT2D eigenvalue weighted by molar-refractivity contribution is 5.70. The summed E-state index contributed by atoms with van der Waals surface area (Å²) in [6, 6.07) is 3.92. The van der Waals surface area contributed by atoms with Crippen LogP contribution in [0.5, 0.6) is 0 Å². The maximum Gasteiger partial charge on any atom is 0.163 e. The van der Waals surface area contributed by atoms with Crippen molar-refractivity contribution < 1.29 is 0 Å². The van der Waals surface area contributed by atoms with E-state index in [4.69, 9.17) is 4.98 Å². The maximum atomic E-state index is 4.76. The van der Waals surface area contributed by atoms with Gasteiger partial charge in [-0.1, -0.05) is 30.9 Å². The van der Waals surface area contributed by atoms with Crippen LogP contribution in [0.1, 0.15) is 18.4 Å². The third-order valence-corrected chi connectivity index (χ3v) is 4.39. The van der Waals surface area contributed by atoms with Gasteiger partial charge in [0.05, 0.1) is 0 Å². The Morgan fingerprint density at radius 3 is 2.59 bits per heavy atom. The molecule has 0 amide bonds. The summed E-state index contributed by atoms with van der Waals surface area (Å²) in [6.07, 6.45) is 7.79. The van der Waals surface area contributed by atoms with Crippen LogP contribution in [0.2, 0.25) is 0 Å². The second kappa shape index (κ2) is 8.64. The van der Waals surface area contributed by atoms with Gasteiger partial charge in [0.15, 0.2) is 11.6 Å². The van der Waals surface area contributed by atoms with Gasteiger partial charge in [-0.3, -0.25) is 5.10 Å². The summed E-state index contributed by atoms with van der Waals surface area (Å²) in [5.41, 5.74) is 1.76. The Kier molecular flexibility index (Phi) is 6.03. The van der Waals surface area contributed by atoms with Crippen molar-refractivity contribution in [3.05, 3.63) is 54.5 Å². The summed E-state index contributed by atoms with van der Waals surface area (Å²) in [5, 5.41) is 10.4. The SMILES string of the molecule is C=C(/C=C\C=C/C)c1nc(Nc2cc(C)[nH]n2)cc(N2CCN(C)CC2)n1. The summed E-state index contributed by atoms with van der Waals surface area (Å²) in [4.78, 5) is 14.0. The lowest BCUT2D eigenvalue weighted by Gasteiger charge is -2.33. The minimum atomic E-state index is 0.613. The molecule has 0 unspecified atom stereocenters. The fraction of sp³-hybridized carbons (Fsp3) is 0.350. The summed E-state index contributed by atoms with van der Waals surface area (Å²) < 4.78 is 0. The minimum Gasteiger partial charge on any atom is -0.354 e. The van der Waals surface area contributed by atoms with E-state index in [9.17, 15) is 0 Å². The molecular weight excluding hydrogens is 338 g/mol. The van der Waals surface area contributed by atoms with Gasteiger partial charge in [0.2, 0.25) is 0 Å². The first-order valence-corrected chi connectivity index (χ1v) is 9.15. The van der Waals surface area contributed by atoms with E-state index in [-0.39, 0.29) is 0 Å². The second-order valence-corrected chi connectivity index (χ2v) is 6.70. The Morgan fingerprint density at radius 2 is 1.93 bits per heavy atom. The van der Waals surface area contributed by atoms with Crippen molar-refractivity contribution in [1.29, 1.82) is 0 Å². The molecule has 0 atom stereocenters. The van der Waals surface area contributed by atoms with E-state index in [0.29, 0.717) is 11.6 Å². The molecule has 7 heteroatoms. The predicted molar refractivity (Wildman–Crippen MR) is 111 cm³/mol. The van der Waals surface area contributed by atoms with Crippen molar-refractivity contribution in [2.75, 3.05) is 43.4 Å². The fourth-order valence-electron chi connectivity index (χ4n) is 2.81. The van der Waals surface area contributed by atoms with Gasteiger partial charge in [0, 0.05) is 49.6 Å². The average Bonchev–Trinajstić information content (AvgIpc) is 3.07. The number of nitrogens with one attached hydrogen (secondary N) is 2. The van der Waals surface area contributed by atoms with E-state index < -0.39 is 0 Å². The summed E-state index contributed by atoms with van der Waals surface area (Å²) in [6.45, 7) is 12.0. The molecule has 2 aromatic rings. The topological polar surface area (TPSA) is 73.0 Å². The molecule has 0 aromatic carbocycles. The first kappa shape index (κ1) is 18.8. The van der Waals surface area contributed by atoms with Gasteiger partial charge in [0.25, 0.3) is 0 Å². The highest BCUT2D eigenvalue weighted by Crippen LogP contribution is 2.23. The Balaban J connectivity index is 1.90. The zero-order chi connectivity index (χ0) is 19.2. The molecule has 3 rings (SSSR count). The number of allylic oxidation sites excluding steroid dienone is 5. The number of aromatic nitrogens is 4. The van der Waals surface area contributed by atoms with E-state index in [2.05, 4.69) is 43.9 Å². The Labute approximate surface area is 160 Å². The largest absolute Gasteiger partial charge is 0.354 e. The molecule has 1 aliphatic rings. The number of aromatic amines is 1. The lowest BCUT2D eigenvalue weighted by atomic mass is 10.2. The van der Waals surface area contributed by atoms with Crippen LogP contribution in [0.3, 0.4) is 0 Å². The van der Waals surface area contributed by atoms with Gasteiger partial charge in [-0.25, -0.2) is 9.97 Å². The summed E-state index contributed by atoms with van der Waals surface area (Å²) in [7, 11) is 2.14. The molecule has 142 valence electrons. The quantitative estimate of drug-likeness (QED) is 0.766. The molecule has 2 N–H and O–H groups in total. The van der Waals surface area contributed by atoms with E-state index >= 15 is 0 Å². The molecule has 1 fully saturated rings. The van der Waals surface area contributed by atoms with Crippen LogP contribution in [-0.2, 0) is 0 Å². The van der Waals surface area contributed by atoms with Crippen LogP contribution in [0, 0.1) is 6.92 Å². The first-order valence-electron chi connectivity index (χ1n) is 9.15. The smallest absolute Gasteiger partial charge is 0.163 e. The van der Waals surface area contributed by atoms with Crippen molar-refractivity contribution in [2.24, 2.45) is 0 Å². The lowest BCUT2D eigenvalue weighted by molar-refractivity contribution is 0.312. The Morgan fingerprint density at radius 1 is 1.15 bits per heavy atom. The molecular formula is C20H27N7. The van der Waals surface area contributed by atoms with E-state index in [0.717, 1.165) is 49.1 Å². The molecule has 0 spiro atoms. The second-order valence-electron chi connectivity index (χ2n) is 6.70. The van der Waals surface area contributed by atoms with Crippen LogP contribution >= 0.6 is 0 Å². The van der Waals surface area contributed by atoms with Gasteiger partial charge in [-0.05, 0) is 20.9 Å². The van der Waals surface area contributed by atoms with Gasteiger partial charge >= 0.3 is 0 Å². The highest BCUT2D eigenvalue weighted by atomic mass is 15.3. The zero-order valence-corrected chi connectivity index (χ0v) is 16.2. The number of anilines is 3. The molecule has 0 bridgehead atoms. The van der Waals surface area contributed by atoms with Gasteiger partial charge < -0.3 is 15.1 Å². The number of rotatable bonds is 6. The molecule has 0 saturated carbocycles. The van der Waals surface area contributed by atoms with Crippen molar-refractivity contribution >= 4 is 23.0 Å². The van der Waals surface area contributed by atoms with Gasteiger partial charge in [-0.15, -0.1) is 0 Å². The number of H-pyrrole nitrogens is 1. The Bertz CT molecular complexity index is 842. The number of nitrogens with zero attached hydrogens (tertiary/aromatic N) is 5. The summed E-state index contributed by atoms with van der Waals surface area (Å²) in [5.74, 6) is 2.96. The Hall–Kier alpha value is -2.93. The fourth-order valence-corrected chi connectivity index (χ4v) is 2.81. The molecule has 1 aliphatic heterocycles. The number of likely N-dealkylation sites (N-methyl/N-ethyl adjacent to an activating group) is 1. The molecule has 0 radical (unpaired) electrons. The van der Waals surface area contributed by atoms with Crippen molar-refractivity contribution in [1.82, 2.24) is 25.1 Å². The van der Waals surface area contributed by atoms with Crippen LogP contribution in [0.15, 0.2) is 43.0 Å². The first-order chi connectivity index (χ1) is 13.0. The monoisotopic (exact) mass is 365 g/mol. The van der Waals surface area contributed by atoms with Crippen molar-refractivity contribution in [3.63, 3.8) is 0 Å². The highest BCUT2D eigenvalue weighted by Gasteiger charge is 2.18. The van der Waals surface area contributed by atoms with Crippen LogP contribution < -0.4 is 10.2 Å². The maximum absolute atomic E-state index is 4.76. The van der Waals surface area contributed by atoms with Gasteiger partial charge in [-0.2, -0.15) is 5.10 Å². The molecule has 27 heavy (non-hydrogen) atoms. The lowest BCUT2D eigenvalue weighted by Crippen LogP contribution is -2.44.